The number of hydrogen-bond donors (Lipinski definition) is 2. The minimum atomic E-state index is -0.948. The molecule has 1 unspecified atom stereocenters. The molecule has 0 saturated carbocycles. The Bertz CT molecular complexity index is 1700. The molecule has 49 heavy (non-hydrogen) atoms. The number of aldehydes is 1. The standard InChI is InChI=1S/C37H46N6O6/c1-8-12-25(21-44)40-34(39-22-38)31-18-27(20-43(31)35(45)33(23(2)3)42-36(46)49-37(4,5)6)48-32-19-29(24-13-10-9-11-14-24)41-30-17-26(47-7)15-16-28(30)32/h9-11,13-17,19,21,23,25,27,31,33H,8,12,18,20H2,1-7H3,(H,39,40)(H,42,46)/t25-,27+,31-,33?/m0/s1. The maximum Gasteiger partial charge on any atom is 0.408 e. The minimum Gasteiger partial charge on any atom is -0.497 e. The minimum absolute atomic E-state index is 0.120. The summed E-state index contributed by atoms with van der Waals surface area (Å²) in [4.78, 5) is 49.6. The molecule has 2 N–H and O–H groups in total. The molecule has 4 atom stereocenters. The van der Waals surface area contributed by atoms with E-state index in [1.54, 1.807) is 32.8 Å². The first kappa shape index (κ1) is 36.7. The van der Waals surface area contributed by atoms with Gasteiger partial charge in [-0.3, -0.25) is 4.79 Å². The summed E-state index contributed by atoms with van der Waals surface area (Å²) in [5.74, 6) is 0.686. The number of alkyl carbamates (subject to hydrolysis) is 1. The average molecular weight is 671 g/mol. The zero-order chi connectivity index (χ0) is 35.7. The van der Waals surface area contributed by atoms with Gasteiger partial charge in [-0.15, -0.1) is 0 Å². The maximum absolute atomic E-state index is 14.3. The average Bonchev–Trinajstić information content (AvgIpc) is 3.49. The summed E-state index contributed by atoms with van der Waals surface area (Å²) >= 11 is 0. The highest BCUT2D eigenvalue weighted by Crippen LogP contribution is 2.35. The fourth-order valence-corrected chi connectivity index (χ4v) is 5.78. The van der Waals surface area contributed by atoms with Crippen LogP contribution in [0.15, 0.2) is 59.6 Å². The van der Waals surface area contributed by atoms with E-state index in [9.17, 15) is 19.6 Å². The number of carbonyl (C=O) groups is 3. The molecule has 260 valence electrons. The monoisotopic (exact) mass is 670 g/mol. The first-order valence-electron chi connectivity index (χ1n) is 16.6. The summed E-state index contributed by atoms with van der Waals surface area (Å²) in [6.07, 6.45) is 2.82. The normalized spacial score (nSPS) is 17.6. The maximum atomic E-state index is 14.3. The van der Waals surface area contributed by atoms with Gasteiger partial charge in [0.1, 0.15) is 41.4 Å². The zero-order valence-electron chi connectivity index (χ0n) is 29.2. The summed E-state index contributed by atoms with van der Waals surface area (Å²) in [7, 11) is 1.59. The van der Waals surface area contributed by atoms with E-state index >= 15 is 0 Å². The molecule has 1 fully saturated rings. The molecule has 1 aromatic heterocycles. The number of methoxy groups -OCH3 is 1. The number of rotatable bonds is 12. The highest BCUT2D eigenvalue weighted by Gasteiger charge is 2.43. The fourth-order valence-electron chi connectivity index (χ4n) is 5.78. The first-order valence-corrected chi connectivity index (χ1v) is 16.6. The van der Waals surface area contributed by atoms with Crippen LogP contribution in [0.4, 0.5) is 4.79 Å². The number of benzene rings is 2. The van der Waals surface area contributed by atoms with E-state index in [4.69, 9.17) is 19.2 Å². The molecule has 0 spiro atoms. The first-order chi connectivity index (χ1) is 23.4. The molecule has 2 heterocycles. The van der Waals surface area contributed by atoms with E-state index in [0.717, 1.165) is 17.2 Å². The highest BCUT2D eigenvalue weighted by molar-refractivity contribution is 5.96. The second-order valence-corrected chi connectivity index (χ2v) is 13.4. The van der Waals surface area contributed by atoms with E-state index in [1.165, 1.54) is 0 Å². The van der Waals surface area contributed by atoms with Gasteiger partial charge in [0.2, 0.25) is 12.1 Å². The van der Waals surface area contributed by atoms with E-state index in [2.05, 4.69) is 15.6 Å². The van der Waals surface area contributed by atoms with Crippen molar-refractivity contribution in [3.05, 3.63) is 54.6 Å². The second-order valence-electron chi connectivity index (χ2n) is 13.4. The lowest BCUT2D eigenvalue weighted by Gasteiger charge is -2.32. The van der Waals surface area contributed by atoms with Crippen LogP contribution >= 0.6 is 0 Å². The van der Waals surface area contributed by atoms with Gasteiger partial charge in [0.15, 0.2) is 0 Å². The van der Waals surface area contributed by atoms with Gasteiger partial charge < -0.3 is 34.5 Å². The number of ether oxygens (including phenoxy) is 3. The number of aromatic nitrogens is 1. The topological polar surface area (TPSA) is 155 Å². The number of pyridine rings is 1. The Hall–Kier alpha value is -5.18. The van der Waals surface area contributed by atoms with Crippen LogP contribution in [0.3, 0.4) is 0 Å². The Balaban J connectivity index is 1.75. The molecule has 1 aliphatic rings. The molecule has 1 aliphatic heterocycles. The SMILES string of the molecule is CCC[C@@H](C=O)NC(=NC#N)[C@@H]1C[C@@H](Oc2cc(-c3ccccc3)nc3cc(OC)ccc23)CN1C(=O)C(NC(=O)OC(C)(C)C)C(C)C. The number of nitrogens with zero attached hydrogens (tertiary/aromatic N) is 4. The van der Waals surface area contributed by atoms with Crippen molar-refractivity contribution in [1.29, 1.82) is 5.26 Å². The van der Waals surface area contributed by atoms with Crippen LogP contribution in [0.5, 0.6) is 11.5 Å². The molecule has 0 bridgehead atoms. The van der Waals surface area contributed by atoms with Crippen LogP contribution in [-0.2, 0) is 14.3 Å². The number of fused-ring (bicyclic) bond motifs is 1. The molecular formula is C37H46N6O6. The van der Waals surface area contributed by atoms with Crippen molar-refractivity contribution in [3.63, 3.8) is 0 Å². The summed E-state index contributed by atoms with van der Waals surface area (Å²) in [6.45, 7) is 11.0. The quantitative estimate of drug-likeness (QED) is 0.108. The van der Waals surface area contributed by atoms with Gasteiger partial charge in [0.25, 0.3) is 0 Å². The summed E-state index contributed by atoms with van der Waals surface area (Å²) in [6, 6.07) is 14.8. The molecule has 0 radical (unpaired) electrons. The lowest BCUT2D eigenvalue weighted by Crippen LogP contribution is -2.56. The Morgan fingerprint density at radius 1 is 1.14 bits per heavy atom. The van der Waals surface area contributed by atoms with Crippen molar-refractivity contribution in [3.8, 4) is 28.9 Å². The molecular weight excluding hydrogens is 624 g/mol. The molecule has 3 aromatic rings. The van der Waals surface area contributed by atoms with E-state index < -0.39 is 41.8 Å². The number of amides is 2. The van der Waals surface area contributed by atoms with Gasteiger partial charge in [-0.1, -0.05) is 57.5 Å². The van der Waals surface area contributed by atoms with Gasteiger partial charge in [0.05, 0.1) is 36.9 Å². The molecule has 12 nitrogen and oxygen atoms in total. The number of amidine groups is 1. The second kappa shape index (κ2) is 16.3. The number of aliphatic imine (C=N–C) groups is 1. The molecule has 2 aromatic carbocycles. The molecule has 0 aliphatic carbocycles. The van der Waals surface area contributed by atoms with Crippen LogP contribution in [0.1, 0.15) is 60.8 Å². The third kappa shape index (κ3) is 9.47. The largest absolute Gasteiger partial charge is 0.497 e. The van der Waals surface area contributed by atoms with Crippen LogP contribution in [0, 0.1) is 17.4 Å². The third-order valence-corrected chi connectivity index (χ3v) is 8.08. The van der Waals surface area contributed by atoms with Gasteiger partial charge in [-0.2, -0.15) is 10.3 Å². The van der Waals surface area contributed by atoms with Crippen molar-refractivity contribution < 1.29 is 28.6 Å². The Morgan fingerprint density at radius 3 is 2.49 bits per heavy atom. The van der Waals surface area contributed by atoms with Gasteiger partial charge >= 0.3 is 6.09 Å². The predicted molar refractivity (Wildman–Crippen MR) is 187 cm³/mol. The van der Waals surface area contributed by atoms with Gasteiger partial charge in [0, 0.05) is 29.5 Å². The Labute approximate surface area is 287 Å². The number of hydrogen-bond acceptors (Lipinski definition) is 9. The molecule has 12 heteroatoms. The predicted octanol–water partition coefficient (Wildman–Crippen LogP) is 5.64. The van der Waals surface area contributed by atoms with Crippen molar-refractivity contribution >= 4 is 35.0 Å². The van der Waals surface area contributed by atoms with Crippen LogP contribution < -0.4 is 20.1 Å². The molecule has 4 rings (SSSR count). The Morgan fingerprint density at radius 2 is 1.88 bits per heavy atom. The summed E-state index contributed by atoms with van der Waals surface area (Å²) < 4.78 is 17.6. The van der Waals surface area contributed by atoms with Crippen LogP contribution in [0.2, 0.25) is 0 Å². The van der Waals surface area contributed by atoms with Crippen molar-refractivity contribution in [2.75, 3.05) is 13.7 Å². The van der Waals surface area contributed by atoms with Crippen LogP contribution in [-0.4, -0.2) is 77.5 Å². The van der Waals surface area contributed by atoms with E-state index in [1.807, 2.05) is 81.6 Å². The number of carbonyl (C=O) groups excluding carboxylic acids is 3. The van der Waals surface area contributed by atoms with Gasteiger partial charge in [-0.05, 0) is 45.2 Å². The molecule has 2 amide bonds. The fraction of sp³-hybridized carbons (Fsp3) is 0.459. The summed E-state index contributed by atoms with van der Waals surface area (Å²) in [5, 5.41) is 16.3. The lowest BCUT2D eigenvalue weighted by molar-refractivity contribution is -0.134. The smallest absolute Gasteiger partial charge is 0.408 e. The van der Waals surface area contributed by atoms with Gasteiger partial charge in [-0.25, -0.2) is 9.78 Å². The Kier molecular flexibility index (Phi) is 12.2. The third-order valence-electron chi connectivity index (χ3n) is 8.08. The lowest BCUT2D eigenvalue weighted by atomic mass is 10.0. The van der Waals surface area contributed by atoms with Crippen LogP contribution in [0.25, 0.3) is 22.2 Å². The van der Waals surface area contributed by atoms with Crippen molar-refractivity contribution in [1.82, 2.24) is 20.5 Å². The summed E-state index contributed by atoms with van der Waals surface area (Å²) in [5.41, 5.74) is 1.50. The van der Waals surface area contributed by atoms with Crippen molar-refractivity contribution in [2.45, 2.75) is 90.6 Å². The van der Waals surface area contributed by atoms with E-state index in [-0.39, 0.29) is 24.7 Å². The van der Waals surface area contributed by atoms with Crippen molar-refractivity contribution in [2.24, 2.45) is 10.9 Å². The number of likely N-dealkylation sites (tertiary alicyclic amines) is 1. The zero-order valence-corrected chi connectivity index (χ0v) is 29.2. The van der Waals surface area contributed by atoms with E-state index in [0.29, 0.717) is 35.6 Å². The highest BCUT2D eigenvalue weighted by atomic mass is 16.6. The molecule has 1 saturated heterocycles. The number of nitriles is 1. The number of nitrogens with one attached hydrogen (secondary N) is 2.